The number of nitrogens with zero attached hydrogens (tertiary/aromatic N) is 3. The number of nitrogens with one attached hydrogen (secondary N) is 5. The molecule has 0 bridgehead atoms. The average molecular weight is 693 g/mol. The summed E-state index contributed by atoms with van der Waals surface area (Å²) in [6.45, 7) is 6.37. The molecule has 2 amide bonds. The van der Waals surface area contributed by atoms with Crippen LogP contribution in [0.1, 0.15) is 46.0 Å². The van der Waals surface area contributed by atoms with Crippen LogP contribution in [0.5, 0.6) is 0 Å². The molecule has 0 spiro atoms. The minimum Gasteiger partial charge on any atom is -0.389 e. The van der Waals surface area contributed by atoms with Gasteiger partial charge in [0.2, 0.25) is 11.8 Å². The lowest BCUT2D eigenvalue weighted by atomic mass is 9.83. The minimum atomic E-state index is -4.31. The Kier molecular flexibility index (Phi) is 10.7. The summed E-state index contributed by atoms with van der Waals surface area (Å²) in [4.78, 5) is 47.0. The second kappa shape index (κ2) is 14.3. The molecule has 0 aromatic carbocycles. The lowest BCUT2D eigenvalue weighted by Crippen LogP contribution is -2.80. The lowest BCUT2D eigenvalue weighted by Gasteiger charge is -2.55. The third kappa shape index (κ3) is 7.17. The quantitative estimate of drug-likeness (QED) is 0.188. The third-order valence-electron chi connectivity index (χ3n) is 11.1. The highest BCUT2D eigenvalue weighted by molar-refractivity contribution is 6.21. The molecule has 5 heterocycles. The SMILES string of the molecule is CCC1C(N2CCN(C(=O)C3NCNC(C)C3O)CC2)C(=O)C2NC3OCCC3NC2N1CC(=O)NC1CCC(C(F)(F)F)CC1Cl. The Morgan fingerprint density at radius 1 is 1.11 bits per heavy atom. The predicted octanol–water partition coefficient (Wildman–Crippen LogP) is -1.11. The van der Waals surface area contributed by atoms with E-state index in [-0.39, 0.29) is 67.8 Å². The van der Waals surface area contributed by atoms with E-state index in [9.17, 15) is 32.7 Å². The summed E-state index contributed by atoms with van der Waals surface area (Å²) in [6, 6.07) is -3.11. The van der Waals surface area contributed by atoms with Crippen molar-refractivity contribution in [1.29, 1.82) is 0 Å². The molecule has 13 nitrogen and oxygen atoms in total. The average Bonchev–Trinajstić information content (AvgIpc) is 3.51. The number of ketones is 1. The zero-order valence-electron chi connectivity index (χ0n) is 26.8. The Hall–Kier alpha value is -1.63. The van der Waals surface area contributed by atoms with Crippen molar-refractivity contribution in [2.75, 3.05) is 46.0 Å². The van der Waals surface area contributed by atoms with Gasteiger partial charge in [-0.25, -0.2) is 0 Å². The molecule has 12 unspecified atom stereocenters. The van der Waals surface area contributed by atoms with Gasteiger partial charge in [0.1, 0.15) is 12.3 Å². The Morgan fingerprint density at radius 3 is 2.53 bits per heavy atom. The topological polar surface area (TPSA) is 151 Å². The highest BCUT2D eigenvalue weighted by Crippen LogP contribution is 2.39. The number of piperidine rings is 1. The van der Waals surface area contributed by atoms with Crippen molar-refractivity contribution in [3.8, 4) is 0 Å². The number of fused-ring (bicyclic) bond motifs is 2. The van der Waals surface area contributed by atoms with Gasteiger partial charge in [-0.1, -0.05) is 6.92 Å². The highest BCUT2D eigenvalue weighted by Gasteiger charge is 2.55. The number of rotatable bonds is 6. The van der Waals surface area contributed by atoms with E-state index < -0.39 is 53.9 Å². The van der Waals surface area contributed by atoms with Crippen molar-refractivity contribution < 1.29 is 37.4 Å². The van der Waals surface area contributed by atoms with E-state index in [0.29, 0.717) is 45.9 Å². The number of alkyl halides is 4. The van der Waals surface area contributed by atoms with Gasteiger partial charge in [-0.05, 0) is 39.0 Å². The zero-order valence-corrected chi connectivity index (χ0v) is 27.6. The molecule has 17 heteroatoms. The highest BCUT2D eigenvalue weighted by atomic mass is 35.5. The van der Waals surface area contributed by atoms with Crippen molar-refractivity contribution in [1.82, 2.24) is 41.3 Å². The summed E-state index contributed by atoms with van der Waals surface area (Å²) in [6.07, 6.45) is -4.87. The molecule has 266 valence electrons. The van der Waals surface area contributed by atoms with Crippen LogP contribution in [0.2, 0.25) is 0 Å². The number of likely N-dealkylation sites (tertiary alicyclic amines) is 1. The predicted molar refractivity (Wildman–Crippen MR) is 165 cm³/mol. The Bertz CT molecular complexity index is 1170. The molecule has 6 aliphatic rings. The first kappa shape index (κ1) is 35.2. The number of carbonyl (C=O) groups excluding carboxylic acids is 3. The fourth-order valence-corrected chi connectivity index (χ4v) is 8.80. The van der Waals surface area contributed by atoms with Crippen LogP contribution in [0, 0.1) is 5.92 Å². The zero-order chi connectivity index (χ0) is 33.6. The van der Waals surface area contributed by atoms with Gasteiger partial charge in [-0.15, -0.1) is 11.6 Å². The number of aliphatic hydroxyl groups is 1. The molecule has 47 heavy (non-hydrogen) atoms. The summed E-state index contributed by atoms with van der Waals surface area (Å²) < 4.78 is 45.8. The van der Waals surface area contributed by atoms with E-state index in [4.69, 9.17) is 16.3 Å². The van der Waals surface area contributed by atoms with E-state index in [1.165, 1.54) is 0 Å². The fourth-order valence-electron chi connectivity index (χ4n) is 8.40. The standard InChI is InChI=1S/C30H48ClF3N8O5/c1-3-20-24(40-7-9-41(10-8-40)29(46)23-25(44)15(2)35-14-36-23)26(45)22-27(38-19-6-11-47-28(19)39-22)42(20)13-21(43)37-18-5-4-16(12-17(18)31)30(32,33)34/h15-20,22-25,27-28,35-36,38-39,44H,3-14H2,1-2H3,(H,37,43). The van der Waals surface area contributed by atoms with E-state index in [2.05, 4.69) is 31.5 Å². The lowest BCUT2D eigenvalue weighted by molar-refractivity contribution is -0.182. The summed E-state index contributed by atoms with van der Waals surface area (Å²) >= 11 is 6.38. The maximum Gasteiger partial charge on any atom is 0.391 e. The van der Waals surface area contributed by atoms with Gasteiger partial charge in [-0.3, -0.25) is 45.5 Å². The van der Waals surface area contributed by atoms with E-state index >= 15 is 0 Å². The Balaban J connectivity index is 1.16. The first-order valence-electron chi connectivity index (χ1n) is 17.0. The van der Waals surface area contributed by atoms with Crippen LogP contribution in [0.3, 0.4) is 0 Å². The van der Waals surface area contributed by atoms with E-state index in [1.54, 1.807) is 4.90 Å². The number of ether oxygens (including phenoxy) is 1. The van der Waals surface area contributed by atoms with Gasteiger partial charge in [0, 0.05) is 51.0 Å². The molecule has 0 aromatic heterocycles. The van der Waals surface area contributed by atoms with Crippen LogP contribution in [0.25, 0.3) is 0 Å². The summed E-state index contributed by atoms with van der Waals surface area (Å²) in [5, 5.41) is 25.8. The van der Waals surface area contributed by atoms with Gasteiger partial charge >= 0.3 is 6.18 Å². The molecule has 0 radical (unpaired) electrons. The molecule has 1 aliphatic carbocycles. The molecule has 12 atom stereocenters. The second-order valence-corrected chi connectivity index (χ2v) is 14.4. The number of aliphatic hydroxyl groups excluding tert-OH is 1. The normalized spacial score (nSPS) is 42.1. The second-order valence-electron chi connectivity index (χ2n) is 13.9. The minimum absolute atomic E-state index is 0.00435. The molecular weight excluding hydrogens is 645 g/mol. The number of carbonyl (C=O) groups is 3. The van der Waals surface area contributed by atoms with Crippen LogP contribution in [0.4, 0.5) is 13.2 Å². The summed E-state index contributed by atoms with van der Waals surface area (Å²) in [7, 11) is 0. The van der Waals surface area contributed by atoms with Crippen LogP contribution >= 0.6 is 11.6 Å². The molecule has 5 aliphatic heterocycles. The number of hydrogen-bond donors (Lipinski definition) is 6. The van der Waals surface area contributed by atoms with Crippen molar-refractivity contribution >= 4 is 29.2 Å². The van der Waals surface area contributed by atoms with Crippen LogP contribution in [-0.4, -0.2) is 156 Å². The third-order valence-corrected chi connectivity index (χ3v) is 11.6. The number of piperazine rings is 2. The Morgan fingerprint density at radius 2 is 1.85 bits per heavy atom. The molecule has 6 N–H and O–H groups in total. The fraction of sp³-hybridized carbons (Fsp3) is 0.900. The monoisotopic (exact) mass is 692 g/mol. The van der Waals surface area contributed by atoms with Crippen molar-refractivity contribution in [3.63, 3.8) is 0 Å². The van der Waals surface area contributed by atoms with Crippen LogP contribution in [0.15, 0.2) is 0 Å². The van der Waals surface area contributed by atoms with Crippen LogP contribution in [-0.2, 0) is 19.1 Å². The van der Waals surface area contributed by atoms with Gasteiger partial charge in [0.25, 0.3) is 0 Å². The number of amides is 2. The van der Waals surface area contributed by atoms with Gasteiger partial charge < -0.3 is 20.1 Å². The molecular formula is C30H48ClF3N8O5. The summed E-state index contributed by atoms with van der Waals surface area (Å²) in [5.41, 5.74) is 0. The first-order chi connectivity index (χ1) is 22.4. The van der Waals surface area contributed by atoms with Crippen LogP contribution < -0.4 is 26.6 Å². The molecule has 5 saturated heterocycles. The molecule has 6 fully saturated rings. The largest absolute Gasteiger partial charge is 0.391 e. The van der Waals surface area contributed by atoms with E-state index in [0.717, 1.165) is 6.42 Å². The summed E-state index contributed by atoms with van der Waals surface area (Å²) in [5.74, 6) is -2.00. The van der Waals surface area contributed by atoms with Crippen molar-refractivity contribution in [3.05, 3.63) is 0 Å². The van der Waals surface area contributed by atoms with Crippen molar-refractivity contribution in [2.24, 2.45) is 5.92 Å². The van der Waals surface area contributed by atoms with Gasteiger partial charge in [-0.2, -0.15) is 13.2 Å². The molecule has 1 saturated carbocycles. The first-order valence-corrected chi connectivity index (χ1v) is 17.4. The van der Waals surface area contributed by atoms with Gasteiger partial charge in [0.05, 0.1) is 54.8 Å². The number of halogens is 4. The van der Waals surface area contributed by atoms with Crippen molar-refractivity contribution in [2.45, 2.75) is 118 Å². The number of hydrogen-bond acceptors (Lipinski definition) is 11. The van der Waals surface area contributed by atoms with E-state index in [1.807, 2.05) is 18.7 Å². The molecule has 0 aromatic rings. The number of Topliss-reactive ketones (excluding diaryl/α,β-unsaturated/α-hetero) is 1. The molecule has 6 rings (SSSR count). The maximum atomic E-state index is 14.3. The van der Waals surface area contributed by atoms with Gasteiger partial charge in [0.15, 0.2) is 5.78 Å². The smallest absolute Gasteiger partial charge is 0.389 e. The maximum absolute atomic E-state index is 14.3. The Labute approximate surface area is 278 Å².